The third-order valence-corrected chi connectivity index (χ3v) is 2.86. The van der Waals surface area contributed by atoms with Crippen LogP contribution in [0.15, 0.2) is 24.5 Å². The molecule has 6 heteroatoms. The van der Waals surface area contributed by atoms with Crippen molar-refractivity contribution in [1.29, 1.82) is 0 Å². The number of anilines is 1. The number of rotatable bonds is 1. The Balaban J connectivity index is 0.000000722. The Kier molecular flexibility index (Phi) is 4.01. The van der Waals surface area contributed by atoms with E-state index in [1.165, 1.54) is 0 Å². The number of carbonyl (C=O) groups excluding carboxylic acids is 1. The highest BCUT2D eigenvalue weighted by molar-refractivity contribution is 5.86. The Morgan fingerprint density at radius 3 is 2.59 bits per heavy atom. The number of hydrogen-bond acceptors (Lipinski definition) is 3. The zero-order valence-corrected chi connectivity index (χ0v) is 10.6. The summed E-state index contributed by atoms with van der Waals surface area (Å²) in [7, 11) is 0. The first-order chi connectivity index (χ1) is 7.22. The maximum atomic E-state index is 10.9. The number of hydrogen-bond donors (Lipinski definition) is 1. The second-order valence-corrected chi connectivity index (χ2v) is 4.04. The van der Waals surface area contributed by atoms with Crippen molar-refractivity contribution in [2.24, 2.45) is 0 Å². The Morgan fingerprint density at radius 1 is 1.24 bits per heavy atom. The molecule has 0 unspecified atom stereocenters. The summed E-state index contributed by atoms with van der Waals surface area (Å²) in [6.45, 7) is 0. The van der Waals surface area contributed by atoms with Crippen LogP contribution in [0, 0.1) is 0 Å². The molecule has 0 spiro atoms. The summed E-state index contributed by atoms with van der Waals surface area (Å²) in [4.78, 5) is 15.4. The molecule has 2 aromatic heterocycles. The first kappa shape index (κ1) is 13.8. The molecule has 4 nitrogen and oxygen atoms in total. The number of aromatic nitrogens is 2. The molecule has 1 aliphatic rings. The molecule has 1 fully saturated rings. The van der Waals surface area contributed by atoms with Gasteiger partial charge in [-0.2, -0.15) is 0 Å². The fourth-order valence-corrected chi connectivity index (χ4v) is 1.92. The van der Waals surface area contributed by atoms with Crippen molar-refractivity contribution in [2.75, 3.05) is 5.73 Å². The molecular weight excluding hydrogens is 261 g/mol. The lowest BCUT2D eigenvalue weighted by Gasteiger charge is -2.21. The van der Waals surface area contributed by atoms with E-state index in [1.54, 1.807) is 0 Å². The van der Waals surface area contributed by atoms with Crippen LogP contribution in [0.2, 0.25) is 0 Å². The molecule has 2 aromatic rings. The summed E-state index contributed by atoms with van der Waals surface area (Å²) in [5.74, 6) is 0.648. The largest absolute Gasteiger partial charge is 0.398 e. The molecule has 17 heavy (non-hydrogen) atoms. The number of nitrogens with zero attached hydrogens (tertiary/aromatic N) is 2. The summed E-state index contributed by atoms with van der Waals surface area (Å²) in [5, 5.41) is 0. The Labute approximate surface area is 111 Å². The maximum Gasteiger partial charge on any atom is 0.137 e. The third-order valence-electron chi connectivity index (χ3n) is 2.86. The third kappa shape index (κ3) is 2.37. The van der Waals surface area contributed by atoms with Crippen molar-refractivity contribution < 1.29 is 4.79 Å². The van der Waals surface area contributed by atoms with Crippen LogP contribution in [0.3, 0.4) is 0 Å². The van der Waals surface area contributed by atoms with Gasteiger partial charge in [0.2, 0.25) is 0 Å². The number of ketones is 1. The molecule has 3 rings (SSSR count). The predicted octanol–water partition coefficient (Wildman–Crippen LogP) is 2.21. The Hall–Kier alpha value is -1.26. The van der Waals surface area contributed by atoms with Gasteiger partial charge in [0.15, 0.2) is 0 Å². The minimum Gasteiger partial charge on any atom is -0.398 e. The van der Waals surface area contributed by atoms with Crippen LogP contribution in [-0.2, 0) is 4.79 Å². The minimum absolute atomic E-state index is 0. The van der Waals surface area contributed by atoms with Gasteiger partial charge in [-0.3, -0.25) is 4.79 Å². The predicted molar refractivity (Wildman–Crippen MR) is 71.1 cm³/mol. The van der Waals surface area contributed by atoms with E-state index in [4.69, 9.17) is 5.73 Å². The number of pyridine rings is 1. The van der Waals surface area contributed by atoms with E-state index in [1.807, 2.05) is 28.9 Å². The average Bonchev–Trinajstić information content (AvgIpc) is 2.55. The molecule has 0 bridgehead atoms. The lowest BCUT2D eigenvalue weighted by atomic mass is 9.82. The second-order valence-electron chi connectivity index (χ2n) is 4.04. The quantitative estimate of drug-likeness (QED) is 0.867. The van der Waals surface area contributed by atoms with E-state index in [-0.39, 0.29) is 24.8 Å². The normalized spacial score (nSPS) is 14.9. The fraction of sp³-hybridized carbons (Fsp3) is 0.273. The number of nitrogen functional groups attached to an aromatic ring is 1. The lowest BCUT2D eigenvalue weighted by molar-refractivity contribution is -0.124. The van der Waals surface area contributed by atoms with Gasteiger partial charge in [-0.05, 0) is 12.1 Å². The first-order valence-electron chi connectivity index (χ1n) is 4.98. The summed E-state index contributed by atoms with van der Waals surface area (Å²) in [6.07, 6.45) is 5.08. The summed E-state index contributed by atoms with van der Waals surface area (Å²) < 4.78 is 1.91. The van der Waals surface area contributed by atoms with Crippen LogP contribution in [0.1, 0.15) is 24.5 Å². The number of carbonyl (C=O) groups is 1. The minimum atomic E-state index is 0. The molecule has 0 aromatic carbocycles. The molecule has 1 aliphatic carbocycles. The van der Waals surface area contributed by atoms with Crippen molar-refractivity contribution in [3.8, 4) is 0 Å². The SMILES string of the molecule is Cl.Cl.Nc1ccc2nc(C3CC(=O)C3)cn2c1. The standard InChI is InChI=1S/C11H11N3O.2ClH/c12-8-1-2-11-13-10(6-14(11)5-8)7-3-9(15)4-7;;/h1-2,5-7H,3-4,12H2;2*1H. The van der Waals surface area contributed by atoms with Crippen LogP contribution in [0.4, 0.5) is 5.69 Å². The van der Waals surface area contributed by atoms with E-state index in [0.717, 1.165) is 17.0 Å². The lowest BCUT2D eigenvalue weighted by Crippen LogP contribution is -2.21. The molecule has 2 N–H and O–H groups in total. The summed E-state index contributed by atoms with van der Waals surface area (Å²) in [5.41, 5.74) is 8.28. The average molecular weight is 274 g/mol. The van der Waals surface area contributed by atoms with Gasteiger partial charge in [0, 0.05) is 36.8 Å². The van der Waals surface area contributed by atoms with E-state index in [0.29, 0.717) is 24.5 Å². The molecule has 0 amide bonds. The van der Waals surface area contributed by atoms with Crippen molar-refractivity contribution >= 4 is 41.9 Å². The van der Waals surface area contributed by atoms with Crippen molar-refractivity contribution in [1.82, 2.24) is 9.38 Å². The highest BCUT2D eigenvalue weighted by Crippen LogP contribution is 2.32. The smallest absolute Gasteiger partial charge is 0.137 e. The van der Waals surface area contributed by atoms with E-state index < -0.39 is 0 Å². The number of imidazole rings is 1. The van der Waals surface area contributed by atoms with Crippen LogP contribution < -0.4 is 5.73 Å². The number of fused-ring (bicyclic) bond motifs is 1. The van der Waals surface area contributed by atoms with Crippen molar-refractivity contribution in [3.05, 3.63) is 30.2 Å². The fourth-order valence-electron chi connectivity index (χ4n) is 1.92. The van der Waals surface area contributed by atoms with Crippen molar-refractivity contribution in [2.45, 2.75) is 18.8 Å². The Bertz CT molecular complexity index is 545. The van der Waals surface area contributed by atoms with Gasteiger partial charge in [-0.1, -0.05) is 0 Å². The number of halogens is 2. The van der Waals surface area contributed by atoms with Gasteiger partial charge >= 0.3 is 0 Å². The van der Waals surface area contributed by atoms with Gasteiger partial charge in [0.05, 0.1) is 5.69 Å². The molecule has 0 radical (unpaired) electrons. The van der Waals surface area contributed by atoms with Gasteiger partial charge < -0.3 is 10.1 Å². The molecule has 1 saturated carbocycles. The van der Waals surface area contributed by atoms with Crippen LogP contribution in [0.25, 0.3) is 5.65 Å². The second kappa shape index (κ2) is 4.94. The molecule has 92 valence electrons. The topological polar surface area (TPSA) is 60.4 Å². The molecule has 0 saturated heterocycles. The van der Waals surface area contributed by atoms with Gasteiger partial charge in [0.1, 0.15) is 11.4 Å². The molecule has 0 aliphatic heterocycles. The summed E-state index contributed by atoms with van der Waals surface area (Å²) in [6, 6.07) is 3.72. The maximum absolute atomic E-state index is 10.9. The van der Waals surface area contributed by atoms with Gasteiger partial charge in [-0.25, -0.2) is 4.98 Å². The molecule has 0 atom stereocenters. The highest BCUT2D eigenvalue weighted by atomic mass is 35.5. The highest BCUT2D eigenvalue weighted by Gasteiger charge is 2.29. The van der Waals surface area contributed by atoms with Crippen molar-refractivity contribution in [3.63, 3.8) is 0 Å². The zero-order valence-electron chi connectivity index (χ0n) is 9.00. The van der Waals surface area contributed by atoms with Gasteiger partial charge in [-0.15, -0.1) is 24.8 Å². The number of Topliss-reactive ketones (excluding diaryl/α,β-unsaturated/α-hetero) is 1. The van der Waals surface area contributed by atoms with E-state index >= 15 is 0 Å². The van der Waals surface area contributed by atoms with Crippen LogP contribution >= 0.6 is 24.8 Å². The Morgan fingerprint density at radius 2 is 1.94 bits per heavy atom. The van der Waals surface area contributed by atoms with E-state index in [9.17, 15) is 4.79 Å². The van der Waals surface area contributed by atoms with Crippen LogP contribution in [-0.4, -0.2) is 15.2 Å². The number of nitrogens with two attached hydrogens (primary N) is 1. The van der Waals surface area contributed by atoms with Crippen LogP contribution in [0.5, 0.6) is 0 Å². The summed E-state index contributed by atoms with van der Waals surface area (Å²) >= 11 is 0. The van der Waals surface area contributed by atoms with Gasteiger partial charge in [0.25, 0.3) is 0 Å². The molecule has 2 heterocycles. The first-order valence-corrected chi connectivity index (χ1v) is 4.98. The zero-order chi connectivity index (χ0) is 10.4. The van der Waals surface area contributed by atoms with E-state index in [2.05, 4.69) is 4.98 Å². The monoisotopic (exact) mass is 273 g/mol. The molecular formula is C11H13Cl2N3O.